The number of halogens is 1. The van der Waals surface area contributed by atoms with Crippen LogP contribution in [0.2, 0.25) is 0 Å². The van der Waals surface area contributed by atoms with Gasteiger partial charge in [0, 0.05) is 30.9 Å². The Morgan fingerprint density at radius 2 is 1.76 bits per heavy atom. The van der Waals surface area contributed by atoms with Gasteiger partial charge in [0.05, 0.1) is 0 Å². The summed E-state index contributed by atoms with van der Waals surface area (Å²) in [6, 6.07) is 21.9. The molecule has 1 heterocycles. The third-order valence-electron chi connectivity index (χ3n) is 5.67. The van der Waals surface area contributed by atoms with Crippen LogP contribution in [0.15, 0.2) is 78.9 Å². The lowest BCUT2D eigenvalue weighted by Crippen LogP contribution is -2.44. The second-order valence-corrected chi connectivity index (χ2v) is 8.07. The average Bonchev–Trinajstić information content (AvgIpc) is 2.84. The number of carbonyl (C=O) groups is 2. The van der Waals surface area contributed by atoms with Crippen molar-refractivity contribution >= 4 is 17.7 Å². The number of nitrogens with zero attached hydrogens (tertiary/aromatic N) is 2. The van der Waals surface area contributed by atoms with E-state index in [1.807, 2.05) is 30.3 Å². The average molecular weight is 448 g/mol. The van der Waals surface area contributed by atoms with Crippen molar-refractivity contribution < 1.29 is 23.8 Å². The third-order valence-corrected chi connectivity index (χ3v) is 5.67. The minimum atomic E-state index is -0.928. The number of carboxylic acid groups (broad SMARTS) is 1. The van der Waals surface area contributed by atoms with Crippen molar-refractivity contribution in [1.82, 2.24) is 4.90 Å². The first-order valence-electron chi connectivity index (χ1n) is 10.9. The Hall–Kier alpha value is -3.87. The second-order valence-electron chi connectivity index (χ2n) is 8.07. The first-order chi connectivity index (χ1) is 16.0. The summed E-state index contributed by atoms with van der Waals surface area (Å²) >= 11 is 0. The molecule has 1 aliphatic heterocycles. The molecule has 4 rings (SSSR count). The molecule has 33 heavy (non-hydrogen) atoms. The van der Waals surface area contributed by atoms with E-state index in [1.54, 1.807) is 29.2 Å². The topological polar surface area (TPSA) is 70.1 Å². The van der Waals surface area contributed by atoms with E-state index in [4.69, 9.17) is 4.74 Å². The summed E-state index contributed by atoms with van der Waals surface area (Å²) in [5, 5.41) is 9.37. The van der Waals surface area contributed by atoms with Gasteiger partial charge in [0.25, 0.3) is 5.91 Å². The Balaban J connectivity index is 1.56. The van der Waals surface area contributed by atoms with Gasteiger partial charge in [-0.15, -0.1) is 0 Å². The maximum absolute atomic E-state index is 13.6. The number of ether oxygens (including phenoxy) is 1. The van der Waals surface area contributed by atoms with Gasteiger partial charge in [-0.2, -0.15) is 0 Å². The van der Waals surface area contributed by atoms with Gasteiger partial charge in [-0.05, 0) is 73.4 Å². The van der Waals surface area contributed by atoms with E-state index in [0.29, 0.717) is 36.7 Å². The van der Waals surface area contributed by atoms with Crippen molar-refractivity contribution in [1.29, 1.82) is 0 Å². The van der Waals surface area contributed by atoms with E-state index >= 15 is 0 Å². The minimum absolute atomic E-state index is 0.0395. The zero-order valence-electron chi connectivity index (χ0n) is 18.1. The number of hydrogen-bond donors (Lipinski definition) is 1. The minimum Gasteiger partial charge on any atom is -0.465 e. The largest absolute Gasteiger partial charge is 0.465 e. The fourth-order valence-electron chi connectivity index (χ4n) is 4.05. The number of carbonyl (C=O) groups excluding carboxylic acids is 1. The molecule has 0 spiro atoms. The number of hydrogen-bond acceptors (Lipinski definition) is 3. The lowest BCUT2D eigenvalue weighted by atomic mass is 9.97. The van der Waals surface area contributed by atoms with Gasteiger partial charge in [0.15, 0.2) is 0 Å². The number of rotatable bonds is 6. The van der Waals surface area contributed by atoms with Gasteiger partial charge in [-0.3, -0.25) is 4.79 Å². The van der Waals surface area contributed by atoms with Crippen LogP contribution in [0.25, 0.3) is 0 Å². The van der Waals surface area contributed by atoms with Gasteiger partial charge in [-0.1, -0.05) is 24.3 Å². The molecule has 170 valence electrons. The molecule has 0 saturated carbocycles. The van der Waals surface area contributed by atoms with E-state index in [9.17, 15) is 19.1 Å². The number of para-hydroxylation sites is 1. The van der Waals surface area contributed by atoms with Crippen LogP contribution in [0.4, 0.5) is 14.9 Å². The molecular formula is C26H25FN2O4. The Kier molecular flexibility index (Phi) is 6.88. The zero-order chi connectivity index (χ0) is 23.2. The fraction of sp³-hybridized carbons (Fsp3) is 0.231. The second kappa shape index (κ2) is 10.2. The number of anilines is 1. The molecule has 2 amide bonds. The molecule has 3 aromatic rings. The Morgan fingerprint density at radius 3 is 2.48 bits per heavy atom. The molecule has 1 unspecified atom stereocenters. The smallest absolute Gasteiger partial charge is 0.407 e. The molecule has 1 N–H and O–H groups in total. The number of piperidine rings is 1. The highest BCUT2D eigenvalue weighted by atomic mass is 19.1. The molecule has 0 bridgehead atoms. The van der Waals surface area contributed by atoms with Crippen LogP contribution in [0.3, 0.4) is 0 Å². The summed E-state index contributed by atoms with van der Waals surface area (Å²) < 4.78 is 19.0. The predicted molar refractivity (Wildman–Crippen MR) is 123 cm³/mol. The summed E-state index contributed by atoms with van der Waals surface area (Å²) in [7, 11) is 0. The standard InChI is InChI=1S/C26H25FN2O4/c27-21-11-13-23(14-12-21)33-24-10-4-7-20(16-24)25(30)29(22-8-2-1-3-9-22)18-19-6-5-15-28(17-19)26(31)32/h1-4,7-14,16,19H,5-6,15,17-18H2,(H,31,32). The lowest BCUT2D eigenvalue weighted by molar-refractivity contribution is 0.0969. The Labute approximate surface area is 191 Å². The van der Waals surface area contributed by atoms with Crippen molar-refractivity contribution in [2.75, 3.05) is 24.5 Å². The van der Waals surface area contributed by atoms with Crippen molar-refractivity contribution in [2.45, 2.75) is 12.8 Å². The van der Waals surface area contributed by atoms with Crippen LogP contribution in [0, 0.1) is 11.7 Å². The molecule has 1 atom stereocenters. The monoisotopic (exact) mass is 448 g/mol. The van der Waals surface area contributed by atoms with Gasteiger partial charge in [0.1, 0.15) is 17.3 Å². The van der Waals surface area contributed by atoms with Crippen molar-refractivity contribution in [3.63, 3.8) is 0 Å². The van der Waals surface area contributed by atoms with Crippen molar-refractivity contribution in [2.24, 2.45) is 5.92 Å². The van der Waals surface area contributed by atoms with Gasteiger partial charge in [0.2, 0.25) is 0 Å². The molecule has 1 saturated heterocycles. The molecule has 0 radical (unpaired) electrons. The van der Waals surface area contributed by atoms with E-state index in [2.05, 4.69) is 0 Å². The molecule has 7 heteroatoms. The summed E-state index contributed by atoms with van der Waals surface area (Å²) in [4.78, 5) is 28.1. The molecular weight excluding hydrogens is 423 g/mol. The van der Waals surface area contributed by atoms with E-state index in [1.165, 1.54) is 29.2 Å². The van der Waals surface area contributed by atoms with Crippen LogP contribution < -0.4 is 9.64 Å². The Morgan fingerprint density at radius 1 is 1.00 bits per heavy atom. The van der Waals surface area contributed by atoms with Crippen LogP contribution >= 0.6 is 0 Å². The lowest BCUT2D eigenvalue weighted by Gasteiger charge is -2.34. The number of likely N-dealkylation sites (tertiary alicyclic amines) is 1. The summed E-state index contributed by atoms with van der Waals surface area (Å²) in [5.41, 5.74) is 1.20. The number of amides is 2. The van der Waals surface area contributed by atoms with E-state index in [0.717, 1.165) is 18.5 Å². The highest BCUT2D eigenvalue weighted by Crippen LogP contribution is 2.26. The predicted octanol–water partition coefficient (Wildman–Crippen LogP) is 5.65. The number of benzene rings is 3. The zero-order valence-corrected chi connectivity index (χ0v) is 18.1. The van der Waals surface area contributed by atoms with Crippen LogP contribution in [0.1, 0.15) is 23.2 Å². The normalized spacial score (nSPS) is 15.7. The van der Waals surface area contributed by atoms with Gasteiger partial charge in [-0.25, -0.2) is 9.18 Å². The molecule has 6 nitrogen and oxygen atoms in total. The quantitative estimate of drug-likeness (QED) is 0.529. The van der Waals surface area contributed by atoms with Gasteiger partial charge >= 0.3 is 6.09 Å². The summed E-state index contributed by atoms with van der Waals surface area (Å²) in [6.45, 7) is 1.34. The maximum atomic E-state index is 13.6. The van der Waals surface area contributed by atoms with Crippen LogP contribution in [-0.2, 0) is 0 Å². The Bertz CT molecular complexity index is 1100. The van der Waals surface area contributed by atoms with Crippen LogP contribution in [0.5, 0.6) is 11.5 Å². The molecule has 1 aliphatic rings. The molecule has 1 fully saturated rings. The molecule has 3 aromatic carbocycles. The van der Waals surface area contributed by atoms with E-state index < -0.39 is 6.09 Å². The SMILES string of the molecule is O=C(O)N1CCCC(CN(C(=O)c2cccc(Oc3ccc(F)cc3)c2)c2ccccc2)C1. The first kappa shape index (κ1) is 22.3. The van der Waals surface area contributed by atoms with Crippen molar-refractivity contribution in [3.8, 4) is 11.5 Å². The molecule has 0 aliphatic carbocycles. The third kappa shape index (κ3) is 5.68. The summed E-state index contributed by atoms with van der Waals surface area (Å²) in [5.74, 6) is 0.428. The summed E-state index contributed by atoms with van der Waals surface area (Å²) in [6.07, 6.45) is 0.700. The first-order valence-corrected chi connectivity index (χ1v) is 10.9. The maximum Gasteiger partial charge on any atom is 0.407 e. The molecule has 0 aromatic heterocycles. The fourth-order valence-corrected chi connectivity index (χ4v) is 4.05. The van der Waals surface area contributed by atoms with Gasteiger partial charge < -0.3 is 19.6 Å². The van der Waals surface area contributed by atoms with Crippen molar-refractivity contribution in [3.05, 3.63) is 90.2 Å². The highest BCUT2D eigenvalue weighted by molar-refractivity contribution is 6.06. The van der Waals surface area contributed by atoms with E-state index in [-0.39, 0.29) is 17.6 Å². The van der Waals surface area contributed by atoms with Crippen LogP contribution in [-0.4, -0.2) is 41.6 Å². The highest BCUT2D eigenvalue weighted by Gasteiger charge is 2.28.